The summed E-state index contributed by atoms with van der Waals surface area (Å²) in [6, 6.07) is 0. The van der Waals surface area contributed by atoms with Crippen LogP contribution in [-0.2, 0) is 14.3 Å². The van der Waals surface area contributed by atoms with Gasteiger partial charge in [-0.15, -0.1) is 0 Å². The van der Waals surface area contributed by atoms with Crippen molar-refractivity contribution in [1.29, 1.82) is 0 Å². The predicted molar refractivity (Wildman–Crippen MR) is 42.5 cm³/mol. The fraction of sp³-hybridized carbons (Fsp3) is 0.714. The molecule has 0 saturated carbocycles. The van der Waals surface area contributed by atoms with E-state index in [0.29, 0.717) is 13.0 Å². The lowest BCUT2D eigenvalue weighted by molar-refractivity contribution is -0.126. The van der Waals surface area contributed by atoms with E-state index in [1.165, 1.54) is 18.7 Å². The van der Waals surface area contributed by atoms with E-state index in [4.69, 9.17) is 4.74 Å². The predicted octanol–water partition coefficient (Wildman–Crippen LogP) is 0.624. The van der Waals surface area contributed by atoms with Crippen LogP contribution >= 0.6 is 11.8 Å². The standard InChI is InChI=1S/C7H10O3S/c1-5(8)11-7-2-6(9)3-10-4-7/h7H,2-4H2,1H3. The molecular formula is C7H10O3S. The van der Waals surface area contributed by atoms with Crippen LogP contribution < -0.4 is 0 Å². The molecule has 3 nitrogen and oxygen atoms in total. The number of thioether (sulfide) groups is 1. The lowest BCUT2D eigenvalue weighted by Gasteiger charge is -2.18. The number of carbonyl (C=O) groups is 2. The summed E-state index contributed by atoms with van der Waals surface area (Å²) in [5.74, 6) is 0.0926. The molecule has 1 rings (SSSR count). The van der Waals surface area contributed by atoms with Crippen LogP contribution in [0.25, 0.3) is 0 Å². The Hall–Kier alpha value is -0.350. The quantitative estimate of drug-likeness (QED) is 0.584. The van der Waals surface area contributed by atoms with Crippen LogP contribution in [0.3, 0.4) is 0 Å². The van der Waals surface area contributed by atoms with Gasteiger partial charge in [0, 0.05) is 18.6 Å². The average Bonchev–Trinajstić information content (AvgIpc) is 1.85. The number of hydrogen-bond donors (Lipinski definition) is 0. The Bertz CT molecular complexity index is 177. The summed E-state index contributed by atoms with van der Waals surface area (Å²) < 4.78 is 4.97. The van der Waals surface area contributed by atoms with E-state index in [9.17, 15) is 9.59 Å². The van der Waals surface area contributed by atoms with Gasteiger partial charge in [-0.3, -0.25) is 9.59 Å². The zero-order chi connectivity index (χ0) is 8.27. The van der Waals surface area contributed by atoms with Crippen molar-refractivity contribution in [1.82, 2.24) is 0 Å². The highest BCUT2D eigenvalue weighted by Gasteiger charge is 2.21. The third kappa shape index (κ3) is 3.03. The van der Waals surface area contributed by atoms with Crippen molar-refractivity contribution < 1.29 is 14.3 Å². The van der Waals surface area contributed by atoms with Gasteiger partial charge in [0.15, 0.2) is 10.9 Å². The summed E-state index contributed by atoms with van der Waals surface area (Å²) >= 11 is 1.19. The van der Waals surface area contributed by atoms with Crippen LogP contribution in [0.1, 0.15) is 13.3 Å². The molecule has 0 aromatic rings. The fourth-order valence-electron chi connectivity index (χ4n) is 0.986. The maximum atomic E-state index is 10.8. The number of rotatable bonds is 1. The molecule has 0 spiro atoms. The highest BCUT2D eigenvalue weighted by atomic mass is 32.2. The summed E-state index contributed by atoms with van der Waals surface area (Å²) in [5, 5.41) is 0.0991. The molecular weight excluding hydrogens is 164 g/mol. The number of Topliss-reactive ketones (excluding diaryl/α,β-unsaturated/α-hetero) is 1. The third-order valence-electron chi connectivity index (χ3n) is 1.35. The van der Waals surface area contributed by atoms with Crippen molar-refractivity contribution in [3.8, 4) is 0 Å². The minimum Gasteiger partial charge on any atom is -0.373 e. The van der Waals surface area contributed by atoms with Crippen molar-refractivity contribution in [2.75, 3.05) is 13.2 Å². The van der Waals surface area contributed by atoms with Crippen molar-refractivity contribution in [2.45, 2.75) is 18.6 Å². The van der Waals surface area contributed by atoms with E-state index in [1.54, 1.807) is 0 Å². The van der Waals surface area contributed by atoms with Crippen LogP contribution in [0.2, 0.25) is 0 Å². The molecule has 62 valence electrons. The number of ketones is 1. The topological polar surface area (TPSA) is 43.4 Å². The first kappa shape index (κ1) is 8.74. The molecule has 0 N–H and O–H groups in total. The summed E-state index contributed by atoms with van der Waals surface area (Å²) in [6.07, 6.45) is 0.476. The molecule has 0 radical (unpaired) electrons. The summed E-state index contributed by atoms with van der Waals surface area (Å²) in [5.41, 5.74) is 0. The molecule has 0 aromatic heterocycles. The number of carbonyl (C=O) groups excluding carboxylic acids is 2. The van der Waals surface area contributed by atoms with Crippen molar-refractivity contribution in [3.05, 3.63) is 0 Å². The van der Waals surface area contributed by atoms with Crippen molar-refractivity contribution >= 4 is 22.7 Å². The molecule has 1 fully saturated rings. The second-order valence-electron chi connectivity index (χ2n) is 2.49. The minimum atomic E-state index is 0.0494. The molecule has 4 heteroatoms. The Balaban J connectivity index is 2.34. The Morgan fingerprint density at radius 3 is 3.00 bits per heavy atom. The fourth-order valence-corrected chi connectivity index (χ4v) is 1.89. The van der Waals surface area contributed by atoms with Crippen LogP contribution in [0.15, 0.2) is 0 Å². The Morgan fingerprint density at radius 1 is 1.73 bits per heavy atom. The maximum Gasteiger partial charge on any atom is 0.186 e. The maximum absolute atomic E-state index is 10.8. The molecule has 0 amide bonds. The van der Waals surface area contributed by atoms with E-state index in [1.807, 2.05) is 0 Å². The molecule has 11 heavy (non-hydrogen) atoms. The van der Waals surface area contributed by atoms with Crippen LogP contribution in [0.4, 0.5) is 0 Å². The Morgan fingerprint density at radius 2 is 2.45 bits per heavy atom. The molecule has 1 saturated heterocycles. The van der Waals surface area contributed by atoms with Gasteiger partial charge in [0.25, 0.3) is 0 Å². The van der Waals surface area contributed by atoms with E-state index in [2.05, 4.69) is 0 Å². The monoisotopic (exact) mass is 174 g/mol. The zero-order valence-corrected chi connectivity index (χ0v) is 7.15. The van der Waals surface area contributed by atoms with E-state index >= 15 is 0 Å². The lowest BCUT2D eigenvalue weighted by Crippen LogP contribution is -2.28. The Kier molecular flexibility index (Phi) is 3.08. The van der Waals surface area contributed by atoms with E-state index in [0.717, 1.165) is 0 Å². The highest BCUT2D eigenvalue weighted by Crippen LogP contribution is 2.19. The van der Waals surface area contributed by atoms with E-state index in [-0.39, 0.29) is 22.8 Å². The summed E-state index contributed by atoms with van der Waals surface area (Å²) in [4.78, 5) is 21.4. The van der Waals surface area contributed by atoms with Gasteiger partial charge in [-0.25, -0.2) is 0 Å². The second-order valence-corrected chi connectivity index (χ2v) is 3.97. The summed E-state index contributed by atoms with van der Waals surface area (Å²) in [7, 11) is 0. The van der Waals surface area contributed by atoms with Gasteiger partial charge >= 0.3 is 0 Å². The van der Waals surface area contributed by atoms with Crippen LogP contribution in [0.5, 0.6) is 0 Å². The summed E-state index contributed by atoms with van der Waals surface area (Å²) in [6.45, 7) is 2.24. The largest absolute Gasteiger partial charge is 0.373 e. The van der Waals surface area contributed by atoms with Gasteiger partial charge < -0.3 is 4.74 Å². The highest BCUT2D eigenvalue weighted by molar-refractivity contribution is 8.14. The van der Waals surface area contributed by atoms with Gasteiger partial charge in [-0.1, -0.05) is 11.8 Å². The zero-order valence-electron chi connectivity index (χ0n) is 6.33. The molecule has 0 aliphatic carbocycles. The smallest absolute Gasteiger partial charge is 0.186 e. The Labute approximate surface area is 69.5 Å². The first-order valence-electron chi connectivity index (χ1n) is 3.45. The molecule has 1 atom stereocenters. The van der Waals surface area contributed by atoms with Crippen molar-refractivity contribution in [3.63, 3.8) is 0 Å². The average molecular weight is 174 g/mol. The molecule has 1 heterocycles. The van der Waals surface area contributed by atoms with Gasteiger partial charge in [-0.05, 0) is 0 Å². The van der Waals surface area contributed by atoms with Gasteiger partial charge in [0.1, 0.15) is 6.61 Å². The second kappa shape index (κ2) is 3.88. The van der Waals surface area contributed by atoms with Crippen LogP contribution in [-0.4, -0.2) is 29.4 Å². The normalized spacial score (nSPS) is 25.2. The molecule has 1 aliphatic heterocycles. The van der Waals surface area contributed by atoms with Gasteiger partial charge in [0.2, 0.25) is 0 Å². The van der Waals surface area contributed by atoms with Crippen molar-refractivity contribution in [2.24, 2.45) is 0 Å². The number of hydrogen-bond acceptors (Lipinski definition) is 4. The molecule has 0 aromatic carbocycles. The minimum absolute atomic E-state index is 0.0494. The first-order chi connectivity index (χ1) is 5.18. The van der Waals surface area contributed by atoms with Gasteiger partial charge in [-0.2, -0.15) is 0 Å². The molecule has 0 bridgehead atoms. The molecule has 1 unspecified atom stereocenters. The van der Waals surface area contributed by atoms with Crippen LogP contribution in [0, 0.1) is 0 Å². The van der Waals surface area contributed by atoms with Gasteiger partial charge in [0.05, 0.1) is 6.61 Å². The van der Waals surface area contributed by atoms with E-state index < -0.39 is 0 Å². The first-order valence-corrected chi connectivity index (χ1v) is 4.33. The molecule has 1 aliphatic rings. The lowest BCUT2D eigenvalue weighted by atomic mass is 10.2. The third-order valence-corrected chi connectivity index (χ3v) is 2.32. The number of ether oxygens (including phenoxy) is 1. The SMILES string of the molecule is CC(=O)SC1COCC(=O)C1.